The lowest BCUT2D eigenvalue weighted by atomic mass is 10.2. The summed E-state index contributed by atoms with van der Waals surface area (Å²) in [6.07, 6.45) is 0.0823. The Bertz CT molecular complexity index is 440. The van der Waals surface area contributed by atoms with Gasteiger partial charge in [0.1, 0.15) is 6.61 Å². The van der Waals surface area contributed by atoms with Crippen LogP contribution in [0.25, 0.3) is 0 Å². The molecule has 0 aromatic heterocycles. The molecule has 2 atom stereocenters. The Labute approximate surface area is 128 Å². The number of hydrogen-bond acceptors (Lipinski definition) is 8. The zero-order valence-corrected chi connectivity index (χ0v) is 13.0. The van der Waals surface area contributed by atoms with E-state index in [1.807, 2.05) is 0 Å². The van der Waals surface area contributed by atoms with Crippen molar-refractivity contribution in [2.24, 2.45) is 0 Å². The van der Waals surface area contributed by atoms with Crippen molar-refractivity contribution < 1.29 is 38.1 Å². The molecule has 124 valence electrons. The molecule has 0 saturated carbocycles. The molecule has 0 fully saturated rings. The van der Waals surface area contributed by atoms with Gasteiger partial charge in [-0.05, 0) is 13.0 Å². The third-order valence-electron chi connectivity index (χ3n) is 2.15. The van der Waals surface area contributed by atoms with Gasteiger partial charge >= 0.3 is 23.9 Å². The number of ether oxygens (including phenoxy) is 4. The van der Waals surface area contributed by atoms with Crippen molar-refractivity contribution in [2.75, 3.05) is 13.2 Å². The normalized spacial score (nSPS) is 13.1. The highest BCUT2D eigenvalue weighted by Gasteiger charge is 2.26. The van der Waals surface area contributed by atoms with E-state index in [-0.39, 0.29) is 13.2 Å². The van der Waals surface area contributed by atoms with Crippen molar-refractivity contribution >= 4 is 23.9 Å². The summed E-state index contributed by atoms with van der Waals surface area (Å²) in [5.41, 5.74) is 0. The van der Waals surface area contributed by atoms with Crippen LogP contribution < -0.4 is 0 Å². The Morgan fingerprint density at radius 1 is 0.909 bits per heavy atom. The van der Waals surface area contributed by atoms with Gasteiger partial charge in [0.25, 0.3) is 0 Å². The molecule has 0 radical (unpaired) electrons. The maximum Gasteiger partial charge on any atom is 0.330 e. The predicted molar refractivity (Wildman–Crippen MR) is 73.5 cm³/mol. The second-order valence-electron chi connectivity index (χ2n) is 4.14. The SMILES string of the molecule is CCOC(=O)/C=C/[C@@H](OC(C)=O)[C@H](COC(C)=O)OC(C)=O. The van der Waals surface area contributed by atoms with Gasteiger partial charge in [-0.15, -0.1) is 0 Å². The van der Waals surface area contributed by atoms with Crippen LogP contribution in [0, 0.1) is 0 Å². The topological polar surface area (TPSA) is 105 Å². The van der Waals surface area contributed by atoms with Gasteiger partial charge in [-0.2, -0.15) is 0 Å². The van der Waals surface area contributed by atoms with E-state index in [9.17, 15) is 19.2 Å². The molecule has 8 heteroatoms. The summed E-state index contributed by atoms with van der Waals surface area (Å²) in [7, 11) is 0. The first-order valence-corrected chi connectivity index (χ1v) is 6.59. The van der Waals surface area contributed by atoms with E-state index >= 15 is 0 Å². The van der Waals surface area contributed by atoms with E-state index in [4.69, 9.17) is 18.9 Å². The van der Waals surface area contributed by atoms with Crippen molar-refractivity contribution in [3.05, 3.63) is 12.2 Å². The average molecular weight is 316 g/mol. The van der Waals surface area contributed by atoms with Crippen LogP contribution in [-0.2, 0) is 38.1 Å². The van der Waals surface area contributed by atoms with Crippen molar-refractivity contribution in [2.45, 2.75) is 39.9 Å². The smallest absolute Gasteiger partial charge is 0.330 e. The van der Waals surface area contributed by atoms with Crippen LogP contribution in [0.2, 0.25) is 0 Å². The van der Waals surface area contributed by atoms with E-state index < -0.39 is 36.1 Å². The summed E-state index contributed by atoms with van der Waals surface area (Å²) in [6, 6.07) is 0. The predicted octanol–water partition coefficient (Wildman–Crippen LogP) is 0.532. The third kappa shape index (κ3) is 9.51. The summed E-state index contributed by atoms with van der Waals surface area (Å²) in [6.45, 7) is 4.99. The van der Waals surface area contributed by atoms with Gasteiger partial charge in [-0.3, -0.25) is 14.4 Å². The van der Waals surface area contributed by atoms with Crippen LogP contribution in [0.1, 0.15) is 27.7 Å². The summed E-state index contributed by atoms with van der Waals surface area (Å²) < 4.78 is 19.4. The molecule has 0 aromatic rings. The first-order valence-electron chi connectivity index (χ1n) is 6.59. The molecule has 22 heavy (non-hydrogen) atoms. The van der Waals surface area contributed by atoms with E-state index in [2.05, 4.69) is 0 Å². The minimum absolute atomic E-state index is 0.183. The van der Waals surface area contributed by atoms with Gasteiger partial charge in [0.15, 0.2) is 12.2 Å². The van der Waals surface area contributed by atoms with E-state index in [0.717, 1.165) is 19.9 Å². The van der Waals surface area contributed by atoms with Crippen molar-refractivity contribution in [1.29, 1.82) is 0 Å². The first-order chi connectivity index (χ1) is 10.3. The molecule has 0 amide bonds. The molecule has 0 heterocycles. The highest BCUT2D eigenvalue weighted by atomic mass is 16.6. The van der Waals surface area contributed by atoms with Gasteiger partial charge in [0, 0.05) is 26.8 Å². The Kier molecular flexibility index (Phi) is 9.24. The molecule has 0 aliphatic heterocycles. The zero-order chi connectivity index (χ0) is 17.1. The molecule has 0 aliphatic carbocycles. The van der Waals surface area contributed by atoms with Crippen molar-refractivity contribution in [3.63, 3.8) is 0 Å². The van der Waals surface area contributed by atoms with E-state index in [1.54, 1.807) is 6.92 Å². The van der Waals surface area contributed by atoms with E-state index in [0.29, 0.717) is 0 Å². The van der Waals surface area contributed by atoms with E-state index in [1.165, 1.54) is 13.0 Å². The summed E-state index contributed by atoms with van der Waals surface area (Å²) in [5.74, 6) is -2.54. The standard InChI is InChI=1S/C14H20O8/c1-5-19-14(18)7-6-12(21-10(3)16)13(22-11(4)17)8-20-9(2)15/h6-7,12-13H,5,8H2,1-4H3/b7-6+/t12-,13+/m1/s1. The zero-order valence-electron chi connectivity index (χ0n) is 13.0. The van der Waals surface area contributed by atoms with Crippen LogP contribution in [0.4, 0.5) is 0 Å². The fourth-order valence-corrected chi connectivity index (χ4v) is 1.40. The van der Waals surface area contributed by atoms with Gasteiger partial charge < -0.3 is 18.9 Å². The van der Waals surface area contributed by atoms with Gasteiger partial charge in [0.05, 0.1) is 6.61 Å². The first kappa shape index (κ1) is 19.6. The molecule has 0 rings (SSSR count). The Morgan fingerprint density at radius 2 is 1.50 bits per heavy atom. The van der Waals surface area contributed by atoms with Crippen LogP contribution in [0.15, 0.2) is 12.2 Å². The molecule has 0 bridgehead atoms. The number of carbonyl (C=O) groups is 4. The molecule has 0 spiro atoms. The third-order valence-corrected chi connectivity index (χ3v) is 2.15. The number of hydrogen-bond donors (Lipinski definition) is 0. The molecule has 0 unspecified atom stereocenters. The quantitative estimate of drug-likeness (QED) is 0.363. The average Bonchev–Trinajstić information content (AvgIpc) is 2.39. The maximum atomic E-state index is 11.3. The van der Waals surface area contributed by atoms with Gasteiger partial charge in [0.2, 0.25) is 0 Å². The molecule has 0 N–H and O–H groups in total. The number of esters is 4. The monoisotopic (exact) mass is 316 g/mol. The summed E-state index contributed by atoms with van der Waals surface area (Å²) in [5, 5.41) is 0. The highest BCUT2D eigenvalue weighted by Crippen LogP contribution is 2.09. The lowest BCUT2D eigenvalue weighted by Crippen LogP contribution is -2.37. The summed E-state index contributed by atoms with van der Waals surface area (Å²) >= 11 is 0. The van der Waals surface area contributed by atoms with Crippen LogP contribution in [0.5, 0.6) is 0 Å². The largest absolute Gasteiger partial charge is 0.463 e. The maximum absolute atomic E-state index is 11.3. The van der Waals surface area contributed by atoms with Crippen LogP contribution in [0.3, 0.4) is 0 Å². The molecule has 8 nitrogen and oxygen atoms in total. The highest BCUT2D eigenvalue weighted by molar-refractivity contribution is 5.82. The number of carbonyl (C=O) groups excluding carboxylic acids is 4. The fourth-order valence-electron chi connectivity index (χ4n) is 1.40. The van der Waals surface area contributed by atoms with Crippen molar-refractivity contribution in [3.8, 4) is 0 Å². The lowest BCUT2D eigenvalue weighted by Gasteiger charge is -2.23. The second kappa shape index (κ2) is 10.4. The minimum atomic E-state index is -1.09. The Hall–Kier alpha value is -2.38. The summed E-state index contributed by atoms with van der Waals surface area (Å²) in [4.78, 5) is 44.4. The lowest BCUT2D eigenvalue weighted by molar-refractivity contribution is -0.169. The van der Waals surface area contributed by atoms with Gasteiger partial charge in [-0.1, -0.05) is 0 Å². The minimum Gasteiger partial charge on any atom is -0.463 e. The van der Waals surface area contributed by atoms with Crippen LogP contribution in [-0.4, -0.2) is 49.3 Å². The van der Waals surface area contributed by atoms with Crippen LogP contribution >= 0.6 is 0 Å². The molecular weight excluding hydrogens is 296 g/mol. The Balaban J connectivity index is 5.08. The Morgan fingerprint density at radius 3 is 1.95 bits per heavy atom. The second-order valence-corrected chi connectivity index (χ2v) is 4.14. The van der Waals surface area contributed by atoms with Gasteiger partial charge in [-0.25, -0.2) is 4.79 Å². The fraction of sp³-hybridized carbons (Fsp3) is 0.571. The number of rotatable bonds is 8. The molecular formula is C14H20O8. The molecule has 0 aromatic carbocycles. The molecule has 0 saturated heterocycles. The molecule has 0 aliphatic rings. The van der Waals surface area contributed by atoms with Crippen molar-refractivity contribution in [1.82, 2.24) is 0 Å².